The van der Waals surface area contributed by atoms with Gasteiger partial charge in [0.25, 0.3) is 5.69 Å². The Morgan fingerprint density at radius 1 is 1.50 bits per heavy atom. The van der Waals surface area contributed by atoms with Crippen molar-refractivity contribution in [3.8, 4) is 0 Å². The minimum absolute atomic E-state index is 0.0587. The fraction of sp³-hybridized carbons (Fsp3) is 0.250. The second-order valence-corrected chi connectivity index (χ2v) is 3.57. The van der Waals surface area contributed by atoms with E-state index in [-0.39, 0.29) is 17.9 Å². The van der Waals surface area contributed by atoms with Gasteiger partial charge in [-0.25, -0.2) is 0 Å². The summed E-state index contributed by atoms with van der Waals surface area (Å²) >= 11 is 0. The van der Waals surface area contributed by atoms with Gasteiger partial charge in [-0.2, -0.15) is 0 Å². The number of hydrogen-bond acceptors (Lipinski definition) is 5. The molecule has 0 spiro atoms. The molecule has 0 amide bonds. The minimum atomic E-state index is -0.986. The molecule has 1 N–H and O–H groups in total. The van der Waals surface area contributed by atoms with Crippen molar-refractivity contribution >= 4 is 11.5 Å². The van der Waals surface area contributed by atoms with Gasteiger partial charge >= 0.3 is 0 Å². The van der Waals surface area contributed by atoms with Gasteiger partial charge in [0.05, 0.1) is 24.4 Å². The zero-order valence-corrected chi connectivity index (χ0v) is 9.78. The lowest BCUT2D eigenvalue weighted by atomic mass is 10.0. The molecule has 18 heavy (non-hydrogen) atoms. The van der Waals surface area contributed by atoms with Crippen LogP contribution in [0.5, 0.6) is 0 Å². The van der Waals surface area contributed by atoms with E-state index in [1.165, 1.54) is 43.7 Å². The number of nitro benzene ring substituents is 1. The molecular formula is C12H13NO5. The van der Waals surface area contributed by atoms with Crippen LogP contribution in [0.2, 0.25) is 0 Å². The zero-order chi connectivity index (χ0) is 13.5. The maximum atomic E-state index is 11.3. The van der Waals surface area contributed by atoms with Crippen LogP contribution in [-0.2, 0) is 9.53 Å². The molecule has 0 saturated heterocycles. The highest BCUT2D eigenvalue weighted by Crippen LogP contribution is 2.20. The lowest BCUT2D eigenvalue weighted by Gasteiger charge is -2.08. The lowest BCUT2D eigenvalue weighted by molar-refractivity contribution is -0.384. The van der Waals surface area contributed by atoms with Crippen LogP contribution in [0.4, 0.5) is 5.69 Å². The highest BCUT2D eigenvalue weighted by atomic mass is 16.6. The number of allylic oxidation sites excluding steroid dienone is 1. The van der Waals surface area contributed by atoms with E-state index in [1.807, 2.05) is 0 Å². The van der Waals surface area contributed by atoms with Gasteiger partial charge < -0.3 is 9.84 Å². The number of carbonyl (C=O) groups is 1. The number of rotatable bonds is 6. The largest absolute Gasteiger partial charge is 0.504 e. The number of aliphatic hydroxyl groups excluding tert-OH is 1. The van der Waals surface area contributed by atoms with Crippen molar-refractivity contribution < 1.29 is 19.6 Å². The predicted octanol–water partition coefficient (Wildman–Crippen LogP) is 1.75. The van der Waals surface area contributed by atoms with E-state index in [1.54, 1.807) is 0 Å². The standard InChI is InChI=1S/C12H13NO5/c1-18-7-6-11(14)8-12(15)9-2-4-10(5-3-9)13(16)17/h2-7,12,15H,8H2,1H3/b7-6+/t12-/m0/s1. The molecular weight excluding hydrogens is 238 g/mol. The lowest BCUT2D eigenvalue weighted by Crippen LogP contribution is -2.04. The van der Waals surface area contributed by atoms with Crippen LogP contribution < -0.4 is 0 Å². The zero-order valence-electron chi connectivity index (χ0n) is 9.78. The summed E-state index contributed by atoms with van der Waals surface area (Å²) in [6.45, 7) is 0. The summed E-state index contributed by atoms with van der Waals surface area (Å²) in [5.74, 6) is -0.289. The van der Waals surface area contributed by atoms with E-state index < -0.39 is 11.0 Å². The summed E-state index contributed by atoms with van der Waals surface area (Å²) in [5, 5.41) is 20.2. The summed E-state index contributed by atoms with van der Waals surface area (Å²) in [6, 6.07) is 5.42. The van der Waals surface area contributed by atoms with Crippen LogP contribution >= 0.6 is 0 Å². The first-order valence-corrected chi connectivity index (χ1v) is 5.19. The van der Waals surface area contributed by atoms with Crippen LogP contribution in [0.25, 0.3) is 0 Å². The van der Waals surface area contributed by atoms with Crippen molar-refractivity contribution in [2.45, 2.75) is 12.5 Å². The number of ketones is 1. The summed E-state index contributed by atoms with van der Waals surface area (Å²) in [4.78, 5) is 21.2. The Morgan fingerprint density at radius 3 is 2.61 bits per heavy atom. The molecule has 0 aliphatic rings. The van der Waals surface area contributed by atoms with Gasteiger partial charge in [0.15, 0.2) is 5.78 Å². The summed E-state index contributed by atoms with van der Waals surface area (Å²) in [6.07, 6.45) is 1.36. The Hall–Kier alpha value is -2.21. The molecule has 6 heteroatoms. The number of benzene rings is 1. The minimum Gasteiger partial charge on any atom is -0.504 e. The number of non-ortho nitro benzene ring substituents is 1. The number of nitrogens with zero attached hydrogens (tertiary/aromatic N) is 1. The number of carbonyl (C=O) groups excluding carboxylic acids is 1. The maximum Gasteiger partial charge on any atom is 0.269 e. The molecule has 0 radical (unpaired) electrons. The van der Waals surface area contributed by atoms with Gasteiger partial charge in [-0.15, -0.1) is 0 Å². The average Bonchev–Trinajstić information content (AvgIpc) is 2.36. The maximum absolute atomic E-state index is 11.3. The quantitative estimate of drug-likeness (QED) is 0.360. The van der Waals surface area contributed by atoms with Gasteiger partial charge in [-0.05, 0) is 17.7 Å². The van der Waals surface area contributed by atoms with E-state index >= 15 is 0 Å². The molecule has 1 aromatic rings. The normalized spacial score (nSPS) is 12.3. The van der Waals surface area contributed by atoms with E-state index in [0.717, 1.165) is 0 Å². The SMILES string of the molecule is CO/C=C/C(=O)C[C@H](O)c1ccc([N+](=O)[O-])cc1. The molecule has 1 atom stereocenters. The molecule has 0 aliphatic carbocycles. The van der Waals surface area contributed by atoms with Gasteiger partial charge in [0.1, 0.15) is 0 Å². The first-order chi connectivity index (χ1) is 8.54. The Kier molecular flexibility index (Phi) is 5.01. The van der Waals surface area contributed by atoms with Crippen molar-refractivity contribution in [1.82, 2.24) is 0 Å². The molecule has 0 aliphatic heterocycles. The van der Waals surface area contributed by atoms with Crippen molar-refractivity contribution in [2.24, 2.45) is 0 Å². The second kappa shape index (κ2) is 6.51. The first-order valence-electron chi connectivity index (χ1n) is 5.19. The van der Waals surface area contributed by atoms with Gasteiger partial charge in [-0.3, -0.25) is 14.9 Å². The van der Waals surface area contributed by atoms with Crippen LogP contribution in [0.1, 0.15) is 18.1 Å². The molecule has 1 rings (SSSR count). The van der Waals surface area contributed by atoms with E-state index in [9.17, 15) is 20.0 Å². The molecule has 0 saturated carbocycles. The molecule has 0 aromatic heterocycles. The van der Waals surface area contributed by atoms with E-state index in [2.05, 4.69) is 4.74 Å². The van der Waals surface area contributed by atoms with Crippen molar-refractivity contribution in [3.63, 3.8) is 0 Å². The van der Waals surface area contributed by atoms with Crippen molar-refractivity contribution in [2.75, 3.05) is 7.11 Å². The third kappa shape index (κ3) is 3.99. The molecule has 1 aromatic carbocycles. The number of ether oxygens (including phenoxy) is 1. The third-order valence-electron chi connectivity index (χ3n) is 2.27. The summed E-state index contributed by atoms with van der Waals surface area (Å²) < 4.78 is 4.58. The fourth-order valence-electron chi connectivity index (χ4n) is 1.34. The van der Waals surface area contributed by atoms with Gasteiger partial charge in [-0.1, -0.05) is 0 Å². The predicted molar refractivity (Wildman–Crippen MR) is 63.8 cm³/mol. The van der Waals surface area contributed by atoms with Gasteiger partial charge in [0.2, 0.25) is 0 Å². The molecule has 6 nitrogen and oxygen atoms in total. The Bertz CT molecular complexity index is 452. The Labute approximate surface area is 104 Å². The third-order valence-corrected chi connectivity index (χ3v) is 2.27. The molecule has 0 fully saturated rings. The molecule has 0 bridgehead atoms. The number of methoxy groups -OCH3 is 1. The highest BCUT2D eigenvalue weighted by Gasteiger charge is 2.13. The van der Waals surface area contributed by atoms with Gasteiger partial charge in [0, 0.05) is 24.6 Å². The Morgan fingerprint density at radius 2 is 2.11 bits per heavy atom. The first kappa shape index (κ1) is 13.9. The number of hydrogen-bond donors (Lipinski definition) is 1. The number of aliphatic hydroxyl groups is 1. The fourth-order valence-corrected chi connectivity index (χ4v) is 1.34. The molecule has 0 unspecified atom stereocenters. The molecule has 0 heterocycles. The summed E-state index contributed by atoms with van der Waals surface area (Å²) in [5.41, 5.74) is 0.399. The van der Waals surface area contributed by atoms with Crippen LogP contribution in [-0.4, -0.2) is 22.9 Å². The monoisotopic (exact) mass is 251 g/mol. The van der Waals surface area contributed by atoms with Crippen LogP contribution in [0.15, 0.2) is 36.6 Å². The average molecular weight is 251 g/mol. The second-order valence-electron chi connectivity index (χ2n) is 3.57. The van der Waals surface area contributed by atoms with Crippen molar-refractivity contribution in [1.29, 1.82) is 0 Å². The number of nitro groups is 1. The molecule has 96 valence electrons. The summed E-state index contributed by atoms with van der Waals surface area (Å²) in [7, 11) is 1.41. The van der Waals surface area contributed by atoms with Crippen LogP contribution in [0, 0.1) is 10.1 Å². The van der Waals surface area contributed by atoms with E-state index in [4.69, 9.17) is 0 Å². The highest BCUT2D eigenvalue weighted by molar-refractivity contribution is 5.89. The topological polar surface area (TPSA) is 89.7 Å². The van der Waals surface area contributed by atoms with Crippen LogP contribution in [0.3, 0.4) is 0 Å². The smallest absolute Gasteiger partial charge is 0.269 e. The van der Waals surface area contributed by atoms with E-state index in [0.29, 0.717) is 5.56 Å². The Balaban J connectivity index is 2.67. The van der Waals surface area contributed by atoms with Crippen molar-refractivity contribution in [3.05, 3.63) is 52.3 Å².